The highest BCUT2D eigenvalue weighted by molar-refractivity contribution is 8.10. The number of carbonyl (C=O) groups excluding carboxylic acids is 2. The van der Waals surface area contributed by atoms with E-state index in [1.54, 1.807) is 43.3 Å². The first-order valence-corrected chi connectivity index (χ1v) is 15.1. The van der Waals surface area contributed by atoms with E-state index < -0.39 is 27.0 Å². The topological polar surface area (TPSA) is 108 Å². The molecule has 1 unspecified atom stereocenters. The number of fused-ring (bicyclic) bond motifs is 1. The summed E-state index contributed by atoms with van der Waals surface area (Å²) in [5, 5.41) is -0.874. The van der Waals surface area contributed by atoms with Gasteiger partial charge in [-0.25, -0.2) is 13.2 Å². The van der Waals surface area contributed by atoms with Crippen molar-refractivity contribution in [2.24, 2.45) is 0 Å². The third-order valence-electron chi connectivity index (χ3n) is 6.64. The second kappa shape index (κ2) is 10.8. The van der Waals surface area contributed by atoms with Gasteiger partial charge in [0.25, 0.3) is 0 Å². The van der Waals surface area contributed by atoms with Gasteiger partial charge in [-0.2, -0.15) is 0 Å². The Labute approximate surface area is 236 Å². The summed E-state index contributed by atoms with van der Waals surface area (Å²) < 4.78 is 34.6. The van der Waals surface area contributed by atoms with Gasteiger partial charge >= 0.3 is 5.97 Å². The maximum Gasteiger partial charge on any atom is 0.346 e. The molecule has 204 valence electrons. The Kier molecular flexibility index (Phi) is 7.44. The number of nitrogens with zero attached hydrogens (tertiary/aromatic N) is 1. The van der Waals surface area contributed by atoms with E-state index >= 15 is 0 Å². The number of aromatic nitrogens is 1. The number of hydrogen-bond acceptors (Lipinski definition) is 7. The highest BCUT2D eigenvalue weighted by Gasteiger charge is 2.40. The second-order valence-corrected chi connectivity index (χ2v) is 12.5. The molecule has 0 fully saturated rings. The fraction of sp³-hybridized carbons (Fsp3) is 0.161. The molecule has 0 radical (unpaired) electrons. The quantitative estimate of drug-likeness (QED) is 0.346. The van der Waals surface area contributed by atoms with Crippen LogP contribution in [-0.4, -0.2) is 31.5 Å². The first-order chi connectivity index (χ1) is 19.1. The second-order valence-electron chi connectivity index (χ2n) is 9.48. The van der Waals surface area contributed by atoms with E-state index in [9.17, 15) is 18.0 Å². The number of carbonyl (C=O) groups is 2. The van der Waals surface area contributed by atoms with Gasteiger partial charge in [0, 0.05) is 5.22 Å². The van der Waals surface area contributed by atoms with Gasteiger partial charge in [0.1, 0.15) is 10.2 Å². The summed E-state index contributed by atoms with van der Waals surface area (Å²) >= 11 is 1.05. The van der Waals surface area contributed by atoms with Gasteiger partial charge < -0.3 is 10.5 Å². The fourth-order valence-electron chi connectivity index (χ4n) is 4.61. The van der Waals surface area contributed by atoms with Gasteiger partial charge in [0.15, 0.2) is 5.03 Å². The summed E-state index contributed by atoms with van der Waals surface area (Å²) in [6.45, 7) is 5.68. The van der Waals surface area contributed by atoms with Crippen molar-refractivity contribution in [3.05, 3.63) is 112 Å². The molecule has 1 atom stereocenters. The number of thioether (sulfide) groups is 1. The van der Waals surface area contributed by atoms with Crippen molar-refractivity contribution in [3.8, 4) is 0 Å². The van der Waals surface area contributed by atoms with Crippen LogP contribution in [0.3, 0.4) is 0 Å². The van der Waals surface area contributed by atoms with Crippen LogP contribution < -0.4 is 16.3 Å². The van der Waals surface area contributed by atoms with Crippen molar-refractivity contribution in [1.82, 2.24) is 4.57 Å². The van der Waals surface area contributed by atoms with Crippen molar-refractivity contribution >= 4 is 50.1 Å². The highest BCUT2D eigenvalue weighted by Crippen LogP contribution is 2.40. The molecule has 0 bridgehead atoms. The molecule has 2 N–H and O–H groups in total. The molecule has 5 rings (SSSR count). The molecular weight excluding hydrogens is 544 g/mol. The number of sulfone groups is 1. The molecule has 0 amide bonds. The lowest BCUT2D eigenvalue weighted by molar-refractivity contribution is -0.135. The third-order valence-corrected chi connectivity index (χ3v) is 9.74. The summed E-state index contributed by atoms with van der Waals surface area (Å²) in [4.78, 5) is 27.7. The average Bonchev–Trinajstić information content (AvgIpc) is 3.24. The van der Waals surface area contributed by atoms with E-state index in [4.69, 9.17) is 10.5 Å². The van der Waals surface area contributed by atoms with Crippen LogP contribution in [0.25, 0.3) is 11.0 Å². The summed E-state index contributed by atoms with van der Waals surface area (Å²) in [5.41, 5.74) is 9.93. The van der Waals surface area contributed by atoms with Crippen molar-refractivity contribution in [3.63, 3.8) is 0 Å². The third kappa shape index (κ3) is 4.87. The Morgan fingerprint density at radius 2 is 1.57 bits per heavy atom. The molecule has 7 nitrogen and oxygen atoms in total. The lowest BCUT2D eigenvalue weighted by Crippen LogP contribution is -2.42. The molecule has 0 saturated heterocycles. The molecule has 1 aliphatic heterocycles. The van der Waals surface area contributed by atoms with Crippen LogP contribution >= 0.6 is 11.8 Å². The molecule has 0 saturated carbocycles. The van der Waals surface area contributed by atoms with Gasteiger partial charge in [-0.1, -0.05) is 89.6 Å². The van der Waals surface area contributed by atoms with E-state index in [0.717, 1.165) is 33.0 Å². The molecule has 40 heavy (non-hydrogen) atoms. The minimum Gasteiger partial charge on any atom is -0.462 e. The van der Waals surface area contributed by atoms with Gasteiger partial charge in [-0.05, 0) is 50.1 Å². The Bertz CT molecular complexity index is 1840. The van der Waals surface area contributed by atoms with E-state index in [1.165, 1.54) is 12.1 Å². The molecule has 0 spiro atoms. The smallest absolute Gasteiger partial charge is 0.346 e. The van der Waals surface area contributed by atoms with Crippen LogP contribution in [-0.2, 0) is 19.4 Å². The van der Waals surface area contributed by atoms with Gasteiger partial charge in [0.2, 0.25) is 15.7 Å². The number of ether oxygens (including phenoxy) is 1. The zero-order valence-corrected chi connectivity index (χ0v) is 23.9. The largest absolute Gasteiger partial charge is 0.462 e. The Morgan fingerprint density at radius 1 is 0.975 bits per heavy atom. The number of rotatable bonds is 6. The molecule has 4 aromatic rings. The molecule has 1 aliphatic rings. The maximum absolute atomic E-state index is 14.2. The molecule has 1 aromatic heterocycles. The molecule has 2 heterocycles. The summed E-state index contributed by atoms with van der Waals surface area (Å²) in [6.07, 6.45) is 1.70. The predicted molar refractivity (Wildman–Crippen MR) is 157 cm³/mol. The zero-order chi connectivity index (χ0) is 28.6. The number of hydrogen-bond donors (Lipinski definition) is 1. The number of esters is 1. The van der Waals surface area contributed by atoms with E-state index in [1.807, 2.05) is 50.2 Å². The van der Waals surface area contributed by atoms with E-state index in [-0.39, 0.29) is 37.7 Å². The van der Waals surface area contributed by atoms with E-state index in [0.29, 0.717) is 5.56 Å². The lowest BCUT2D eigenvalue weighted by Gasteiger charge is -2.24. The van der Waals surface area contributed by atoms with Crippen LogP contribution in [0.5, 0.6) is 0 Å². The minimum absolute atomic E-state index is 0.0144. The average molecular weight is 573 g/mol. The molecular formula is C31H28N2O5S2. The highest BCUT2D eigenvalue weighted by atomic mass is 32.2. The van der Waals surface area contributed by atoms with Crippen LogP contribution in [0.1, 0.15) is 39.2 Å². The van der Waals surface area contributed by atoms with Crippen molar-refractivity contribution < 1.29 is 22.7 Å². The normalized spacial score (nSPS) is 15.7. The Hall–Kier alpha value is -4.08. The molecule has 3 aromatic carbocycles. The first kappa shape index (κ1) is 27.5. The number of benzene rings is 3. The lowest BCUT2D eigenvalue weighted by atomic mass is 10.1. The predicted octanol–water partition coefficient (Wildman–Crippen LogP) is 4.15. The van der Waals surface area contributed by atoms with Gasteiger partial charge in [-0.3, -0.25) is 9.36 Å². The number of aryl methyl sites for hydroxylation is 2. The number of anilines is 1. The summed E-state index contributed by atoms with van der Waals surface area (Å²) in [7, 11) is -4.27. The van der Waals surface area contributed by atoms with Crippen LogP contribution in [0, 0.1) is 13.8 Å². The summed E-state index contributed by atoms with van der Waals surface area (Å²) in [5.74, 6) is -1.17. The zero-order valence-electron chi connectivity index (χ0n) is 22.2. The summed E-state index contributed by atoms with van der Waals surface area (Å²) in [6, 6.07) is 22.7. The minimum atomic E-state index is -4.27. The van der Waals surface area contributed by atoms with Gasteiger partial charge in [-0.15, -0.1) is 0 Å². The number of nitrogens with two attached hydrogens (primary N) is 1. The van der Waals surface area contributed by atoms with Crippen LogP contribution in [0.4, 0.5) is 5.69 Å². The van der Waals surface area contributed by atoms with Gasteiger partial charge in [0.05, 0.1) is 22.5 Å². The first-order valence-electron chi connectivity index (χ1n) is 12.7. The monoisotopic (exact) mass is 572 g/mol. The number of nitrogen functional groups attached to an aromatic ring is 1. The van der Waals surface area contributed by atoms with E-state index in [2.05, 4.69) is 0 Å². The Morgan fingerprint density at radius 3 is 2.17 bits per heavy atom. The van der Waals surface area contributed by atoms with Crippen molar-refractivity contribution in [2.45, 2.75) is 35.9 Å². The fourth-order valence-corrected chi connectivity index (χ4v) is 7.37. The van der Waals surface area contributed by atoms with Crippen LogP contribution in [0.15, 0.2) is 88.8 Å². The molecule has 9 heteroatoms. The SMILES string of the molecule is CCOC(=O)C1=c2/c(=C/c3ccc(C)cc3)c(N)c(S(=O)(=O)c3ccccc3)n2C(=O)C(c2ccc(C)cc2)S1. The maximum atomic E-state index is 14.2. The van der Waals surface area contributed by atoms with Crippen molar-refractivity contribution in [2.75, 3.05) is 12.3 Å². The Balaban J connectivity index is 1.91. The van der Waals surface area contributed by atoms with Crippen LogP contribution in [0.2, 0.25) is 0 Å². The molecule has 0 aliphatic carbocycles. The standard InChI is InChI=1S/C31H28N2O5S2/c1-4-38-31(35)28-26-24(18-21-14-10-19(2)11-15-21)25(32)30(40(36,37)23-8-6-5-7-9-23)33(26)29(34)27(39-28)22-16-12-20(3)13-17-22/h5-18,27H,4,32H2,1-3H3/b24-18+. The van der Waals surface area contributed by atoms with Crippen molar-refractivity contribution in [1.29, 1.82) is 0 Å².